The summed E-state index contributed by atoms with van der Waals surface area (Å²) < 4.78 is 5.29. The fourth-order valence-corrected chi connectivity index (χ4v) is 2.49. The molecular weight excluding hydrogens is 204 g/mol. The Kier molecular flexibility index (Phi) is 4.45. The van der Waals surface area contributed by atoms with E-state index in [1.807, 2.05) is 0 Å². The van der Waals surface area contributed by atoms with Crippen molar-refractivity contribution in [2.24, 2.45) is 5.92 Å². The summed E-state index contributed by atoms with van der Waals surface area (Å²) in [6.45, 7) is 2.48. The van der Waals surface area contributed by atoms with Crippen molar-refractivity contribution in [1.82, 2.24) is 10.6 Å². The molecule has 0 aromatic rings. The van der Waals surface area contributed by atoms with Gasteiger partial charge >= 0.3 is 6.03 Å². The predicted octanol–water partition coefficient (Wildman–Crippen LogP) is 1.65. The third-order valence-electron chi connectivity index (χ3n) is 3.58. The lowest BCUT2D eigenvalue weighted by atomic mass is 10.0. The van der Waals surface area contributed by atoms with Crippen molar-refractivity contribution in [2.75, 3.05) is 19.8 Å². The Bertz CT molecular complexity index is 221. The molecule has 1 aliphatic carbocycles. The van der Waals surface area contributed by atoms with Crippen LogP contribution in [0, 0.1) is 5.92 Å². The maximum atomic E-state index is 11.6. The van der Waals surface area contributed by atoms with Gasteiger partial charge in [-0.3, -0.25) is 0 Å². The van der Waals surface area contributed by atoms with E-state index < -0.39 is 0 Å². The number of hydrogen-bond acceptors (Lipinski definition) is 2. The Morgan fingerprint density at radius 1 is 1.12 bits per heavy atom. The van der Waals surface area contributed by atoms with Gasteiger partial charge in [0.25, 0.3) is 0 Å². The van der Waals surface area contributed by atoms with E-state index >= 15 is 0 Å². The summed E-state index contributed by atoms with van der Waals surface area (Å²) >= 11 is 0. The first kappa shape index (κ1) is 11.7. The van der Waals surface area contributed by atoms with E-state index in [-0.39, 0.29) is 6.03 Å². The molecule has 2 amide bonds. The number of urea groups is 1. The zero-order valence-corrected chi connectivity index (χ0v) is 9.84. The smallest absolute Gasteiger partial charge is 0.315 e. The van der Waals surface area contributed by atoms with E-state index in [4.69, 9.17) is 4.74 Å². The molecule has 4 heteroatoms. The molecule has 16 heavy (non-hydrogen) atoms. The molecule has 1 heterocycles. The van der Waals surface area contributed by atoms with Gasteiger partial charge in [-0.15, -0.1) is 0 Å². The van der Waals surface area contributed by atoms with E-state index in [1.54, 1.807) is 0 Å². The average Bonchev–Trinajstić information content (AvgIpc) is 2.81. The molecule has 0 aromatic carbocycles. The molecule has 92 valence electrons. The Balaban J connectivity index is 1.59. The van der Waals surface area contributed by atoms with Crippen LogP contribution in [0.4, 0.5) is 4.79 Å². The van der Waals surface area contributed by atoms with Crippen LogP contribution in [0.15, 0.2) is 0 Å². The first-order valence-corrected chi connectivity index (χ1v) is 6.46. The number of carbonyl (C=O) groups excluding carboxylic acids is 1. The molecule has 0 radical (unpaired) electrons. The fourth-order valence-electron chi connectivity index (χ4n) is 2.49. The van der Waals surface area contributed by atoms with Crippen LogP contribution < -0.4 is 10.6 Å². The molecular formula is C12H22N2O2. The topological polar surface area (TPSA) is 50.4 Å². The molecule has 0 atom stereocenters. The van der Waals surface area contributed by atoms with Gasteiger partial charge in [-0.05, 0) is 31.6 Å². The highest BCUT2D eigenvalue weighted by Gasteiger charge is 2.18. The van der Waals surface area contributed by atoms with Gasteiger partial charge in [0.1, 0.15) is 0 Å². The zero-order chi connectivity index (χ0) is 11.2. The van der Waals surface area contributed by atoms with E-state index in [0.29, 0.717) is 12.0 Å². The van der Waals surface area contributed by atoms with Crippen LogP contribution in [-0.4, -0.2) is 31.8 Å². The van der Waals surface area contributed by atoms with Crippen molar-refractivity contribution in [3.8, 4) is 0 Å². The summed E-state index contributed by atoms with van der Waals surface area (Å²) in [5.41, 5.74) is 0. The van der Waals surface area contributed by atoms with Crippen LogP contribution in [0.1, 0.15) is 38.5 Å². The lowest BCUT2D eigenvalue weighted by molar-refractivity contribution is 0.0669. The molecule has 1 aliphatic heterocycles. The molecule has 0 aromatic heterocycles. The predicted molar refractivity (Wildman–Crippen MR) is 62.3 cm³/mol. The molecule has 2 rings (SSSR count). The van der Waals surface area contributed by atoms with Crippen LogP contribution in [0.3, 0.4) is 0 Å². The Labute approximate surface area is 97.1 Å². The molecule has 0 unspecified atom stereocenters. The van der Waals surface area contributed by atoms with Crippen molar-refractivity contribution in [1.29, 1.82) is 0 Å². The third kappa shape index (κ3) is 3.67. The van der Waals surface area contributed by atoms with Crippen LogP contribution >= 0.6 is 0 Å². The largest absolute Gasteiger partial charge is 0.381 e. The summed E-state index contributed by atoms with van der Waals surface area (Å²) in [7, 11) is 0. The summed E-state index contributed by atoms with van der Waals surface area (Å²) in [6, 6.07) is 0.424. The number of carbonyl (C=O) groups is 1. The summed E-state index contributed by atoms with van der Waals surface area (Å²) in [5, 5.41) is 6.01. The number of nitrogens with one attached hydrogen (secondary N) is 2. The van der Waals surface area contributed by atoms with Crippen LogP contribution in [0.2, 0.25) is 0 Å². The van der Waals surface area contributed by atoms with Crippen molar-refractivity contribution >= 4 is 6.03 Å². The fraction of sp³-hybridized carbons (Fsp3) is 0.917. The second kappa shape index (κ2) is 6.09. The van der Waals surface area contributed by atoms with E-state index in [0.717, 1.165) is 45.4 Å². The van der Waals surface area contributed by atoms with E-state index in [1.165, 1.54) is 12.8 Å². The molecule has 2 aliphatic rings. The highest BCUT2D eigenvalue weighted by molar-refractivity contribution is 5.74. The highest BCUT2D eigenvalue weighted by Crippen LogP contribution is 2.17. The van der Waals surface area contributed by atoms with Crippen LogP contribution in [0.5, 0.6) is 0 Å². The summed E-state index contributed by atoms with van der Waals surface area (Å²) in [6.07, 6.45) is 6.94. The van der Waals surface area contributed by atoms with Gasteiger partial charge < -0.3 is 15.4 Å². The lowest BCUT2D eigenvalue weighted by Gasteiger charge is -2.22. The minimum Gasteiger partial charge on any atom is -0.381 e. The third-order valence-corrected chi connectivity index (χ3v) is 3.58. The number of rotatable bonds is 3. The number of hydrogen-bond donors (Lipinski definition) is 2. The van der Waals surface area contributed by atoms with E-state index in [9.17, 15) is 4.79 Å². The average molecular weight is 226 g/mol. The number of ether oxygens (including phenoxy) is 1. The molecule has 0 spiro atoms. The first-order valence-electron chi connectivity index (χ1n) is 6.46. The maximum Gasteiger partial charge on any atom is 0.315 e. The van der Waals surface area contributed by atoms with Gasteiger partial charge in [0.2, 0.25) is 0 Å². The Morgan fingerprint density at radius 3 is 2.50 bits per heavy atom. The second-order valence-corrected chi connectivity index (χ2v) is 4.89. The van der Waals surface area contributed by atoms with Gasteiger partial charge in [0.05, 0.1) is 0 Å². The molecule has 2 fully saturated rings. The van der Waals surface area contributed by atoms with Gasteiger partial charge in [-0.25, -0.2) is 4.79 Å². The second-order valence-electron chi connectivity index (χ2n) is 4.89. The highest BCUT2D eigenvalue weighted by atomic mass is 16.5. The molecule has 1 saturated carbocycles. The van der Waals surface area contributed by atoms with Crippen LogP contribution in [-0.2, 0) is 4.74 Å². The molecule has 0 bridgehead atoms. The SMILES string of the molecule is O=C(NCC1CCOCC1)NC1CCCC1. The van der Waals surface area contributed by atoms with Crippen LogP contribution in [0.25, 0.3) is 0 Å². The Hall–Kier alpha value is -0.770. The van der Waals surface area contributed by atoms with E-state index in [2.05, 4.69) is 10.6 Å². The minimum absolute atomic E-state index is 0.0124. The molecule has 4 nitrogen and oxygen atoms in total. The number of amides is 2. The standard InChI is InChI=1S/C12H22N2O2/c15-12(14-11-3-1-2-4-11)13-9-10-5-7-16-8-6-10/h10-11H,1-9H2,(H2,13,14,15). The minimum atomic E-state index is 0.0124. The summed E-state index contributed by atoms with van der Waals surface area (Å²) in [5.74, 6) is 0.600. The van der Waals surface area contributed by atoms with Crippen molar-refractivity contribution < 1.29 is 9.53 Å². The quantitative estimate of drug-likeness (QED) is 0.769. The summed E-state index contributed by atoms with van der Waals surface area (Å²) in [4.78, 5) is 11.6. The van der Waals surface area contributed by atoms with Gasteiger partial charge in [0, 0.05) is 25.8 Å². The van der Waals surface area contributed by atoms with Gasteiger partial charge in [0.15, 0.2) is 0 Å². The normalized spacial score (nSPS) is 23.2. The van der Waals surface area contributed by atoms with Gasteiger partial charge in [-0.1, -0.05) is 12.8 Å². The first-order chi connectivity index (χ1) is 7.84. The molecule has 1 saturated heterocycles. The molecule has 2 N–H and O–H groups in total. The van der Waals surface area contributed by atoms with Gasteiger partial charge in [-0.2, -0.15) is 0 Å². The Morgan fingerprint density at radius 2 is 1.81 bits per heavy atom. The van der Waals surface area contributed by atoms with Crippen molar-refractivity contribution in [3.63, 3.8) is 0 Å². The monoisotopic (exact) mass is 226 g/mol. The lowest BCUT2D eigenvalue weighted by Crippen LogP contribution is -2.43. The zero-order valence-electron chi connectivity index (χ0n) is 9.84. The van der Waals surface area contributed by atoms with Crippen molar-refractivity contribution in [3.05, 3.63) is 0 Å². The van der Waals surface area contributed by atoms with Crippen molar-refractivity contribution in [2.45, 2.75) is 44.6 Å². The maximum absolute atomic E-state index is 11.6.